The van der Waals surface area contributed by atoms with Gasteiger partial charge in [-0.05, 0) is 54.8 Å². The van der Waals surface area contributed by atoms with Crippen molar-refractivity contribution in [2.24, 2.45) is 0 Å². The van der Waals surface area contributed by atoms with Crippen molar-refractivity contribution in [3.63, 3.8) is 0 Å². The molecule has 174 valence electrons. The molecule has 4 N–H and O–H groups in total. The average molecular weight is 459 g/mol. The van der Waals surface area contributed by atoms with E-state index in [1.54, 1.807) is 54.6 Å². The zero-order valence-corrected chi connectivity index (χ0v) is 18.6. The molecule has 3 aromatic rings. The van der Waals surface area contributed by atoms with Crippen LogP contribution in [0.1, 0.15) is 41.6 Å². The molecule has 34 heavy (non-hydrogen) atoms. The number of nitrogen functional groups attached to an aromatic ring is 2. The molecule has 0 heterocycles. The third-order valence-electron chi connectivity index (χ3n) is 4.87. The normalized spacial score (nSPS) is 10.7. The van der Waals surface area contributed by atoms with E-state index in [0.717, 1.165) is 5.56 Å². The summed E-state index contributed by atoms with van der Waals surface area (Å²) in [5.74, 6) is -0.231. The topological polar surface area (TPSA) is 122 Å². The molecular weight excluding hydrogens is 432 g/mol. The first kappa shape index (κ1) is 24.3. The predicted octanol–water partition coefficient (Wildman–Crippen LogP) is 4.82. The Morgan fingerprint density at radius 3 is 2.06 bits per heavy atom. The van der Waals surface area contributed by atoms with E-state index in [9.17, 15) is 14.4 Å². The molecule has 0 unspecified atom stereocenters. The maximum atomic E-state index is 12.1. The number of nitrogens with two attached hydrogens (primary N) is 2. The van der Waals surface area contributed by atoms with Crippen molar-refractivity contribution in [2.75, 3.05) is 11.5 Å². The first-order valence-electron chi connectivity index (χ1n) is 10.8. The fourth-order valence-corrected chi connectivity index (χ4v) is 3.07. The molecule has 0 amide bonds. The molecule has 0 radical (unpaired) electrons. The van der Waals surface area contributed by atoms with E-state index < -0.39 is 11.9 Å². The van der Waals surface area contributed by atoms with E-state index in [2.05, 4.69) is 0 Å². The van der Waals surface area contributed by atoms with Gasteiger partial charge in [0.15, 0.2) is 11.5 Å². The zero-order valence-electron chi connectivity index (χ0n) is 18.6. The highest BCUT2D eigenvalue weighted by atomic mass is 16.5. The second kappa shape index (κ2) is 12.0. The van der Waals surface area contributed by atoms with E-state index in [1.807, 2.05) is 18.2 Å². The number of rotatable bonds is 10. The summed E-state index contributed by atoms with van der Waals surface area (Å²) < 4.78 is 10.5. The number of allylic oxidation sites excluding steroid dienone is 1. The number of ether oxygens (including phenoxy) is 2. The van der Waals surface area contributed by atoms with E-state index in [-0.39, 0.29) is 24.4 Å². The maximum absolute atomic E-state index is 12.1. The quantitative estimate of drug-likeness (QED) is 0.112. The Morgan fingerprint density at radius 2 is 1.41 bits per heavy atom. The van der Waals surface area contributed by atoms with Crippen LogP contribution < -0.4 is 20.9 Å². The van der Waals surface area contributed by atoms with Gasteiger partial charge >= 0.3 is 11.9 Å². The van der Waals surface area contributed by atoms with Crippen molar-refractivity contribution in [3.8, 4) is 11.5 Å². The van der Waals surface area contributed by atoms with Gasteiger partial charge in [-0.1, -0.05) is 48.5 Å². The number of benzene rings is 3. The van der Waals surface area contributed by atoms with Crippen LogP contribution in [0.5, 0.6) is 11.5 Å². The van der Waals surface area contributed by atoms with Crippen molar-refractivity contribution in [3.05, 3.63) is 90.0 Å². The number of hydrogen-bond acceptors (Lipinski definition) is 7. The molecule has 0 aliphatic carbocycles. The molecule has 0 saturated heterocycles. The fourth-order valence-electron chi connectivity index (χ4n) is 3.07. The lowest BCUT2D eigenvalue weighted by molar-refractivity contribution is -0.136. The van der Waals surface area contributed by atoms with Crippen molar-refractivity contribution in [1.82, 2.24) is 0 Å². The molecule has 0 bridgehead atoms. The summed E-state index contributed by atoms with van der Waals surface area (Å²) in [6, 6.07) is 20.5. The highest BCUT2D eigenvalue weighted by Gasteiger charge is 2.10. The average Bonchev–Trinajstić information content (AvgIpc) is 2.83. The van der Waals surface area contributed by atoms with Crippen LogP contribution in [0.2, 0.25) is 0 Å². The van der Waals surface area contributed by atoms with E-state index in [0.29, 0.717) is 35.5 Å². The molecule has 0 aliphatic heterocycles. The summed E-state index contributed by atoms with van der Waals surface area (Å²) in [4.78, 5) is 36.1. The summed E-state index contributed by atoms with van der Waals surface area (Å²) in [6.07, 6.45) is 4.49. The van der Waals surface area contributed by atoms with Crippen LogP contribution in [0.3, 0.4) is 0 Å². The monoisotopic (exact) mass is 458 g/mol. The molecule has 0 aliphatic rings. The summed E-state index contributed by atoms with van der Waals surface area (Å²) in [5.41, 5.74) is 13.6. The van der Waals surface area contributed by atoms with Crippen LogP contribution in [-0.2, 0) is 9.59 Å². The number of unbranched alkanes of at least 4 members (excludes halogenated alkanes) is 1. The molecule has 7 heteroatoms. The Morgan fingerprint density at radius 1 is 0.765 bits per heavy atom. The van der Waals surface area contributed by atoms with E-state index >= 15 is 0 Å². The Kier molecular flexibility index (Phi) is 8.57. The van der Waals surface area contributed by atoms with Gasteiger partial charge in [0.2, 0.25) is 0 Å². The van der Waals surface area contributed by atoms with Crippen molar-refractivity contribution in [2.45, 2.75) is 25.7 Å². The minimum absolute atomic E-state index is 0.0862. The molecule has 0 atom stereocenters. The van der Waals surface area contributed by atoms with Crippen molar-refractivity contribution in [1.29, 1.82) is 0 Å². The largest absolute Gasteiger partial charge is 0.427 e. The van der Waals surface area contributed by atoms with Crippen LogP contribution in [0.15, 0.2) is 78.9 Å². The summed E-state index contributed by atoms with van der Waals surface area (Å²) in [5, 5.41) is 0. The molecule has 0 spiro atoms. The number of ketones is 1. The standard InChI is InChI=1S/C27H26N2O5/c28-21-13-17-25(23(29)18-21)34-27(32)9-5-4-8-26(31)33-22-14-10-19(11-15-22)12-16-24(30)20-6-2-1-3-7-20/h1-3,6-7,10-18H,4-5,8-9,28-29H2. The third-order valence-corrected chi connectivity index (χ3v) is 4.87. The first-order valence-corrected chi connectivity index (χ1v) is 10.8. The zero-order chi connectivity index (χ0) is 24.3. The van der Waals surface area contributed by atoms with Gasteiger partial charge < -0.3 is 20.9 Å². The molecule has 0 aromatic heterocycles. The van der Waals surface area contributed by atoms with Crippen LogP contribution >= 0.6 is 0 Å². The van der Waals surface area contributed by atoms with Gasteiger partial charge in [0.1, 0.15) is 5.75 Å². The Bertz CT molecular complexity index is 1170. The van der Waals surface area contributed by atoms with Gasteiger partial charge in [0.05, 0.1) is 5.69 Å². The SMILES string of the molecule is Nc1ccc(OC(=O)CCCCC(=O)Oc2ccc(C=CC(=O)c3ccccc3)cc2)c(N)c1. The van der Waals surface area contributed by atoms with Gasteiger partial charge in [0.25, 0.3) is 0 Å². The van der Waals surface area contributed by atoms with Crippen LogP contribution in [-0.4, -0.2) is 17.7 Å². The molecule has 7 nitrogen and oxygen atoms in total. The molecule has 0 fully saturated rings. The number of hydrogen-bond donors (Lipinski definition) is 2. The van der Waals surface area contributed by atoms with Gasteiger partial charge in [-0.2, -0.15) is 0 Å². The van der Waals surface area contributed by atoms with Crippen molar-refractivity contribution < 1.29 is 23.9 Å². The Balaban J connectivity index is 1.37. The fraction of sp³-hybridized carbons (Fsp3) is 0.148. The highest BCUT2D eigenvalue weighted by Crippen LogP contribution is 2.24. The van der Waals surface area contributed by atoms with Gasteiger partial charge in [-0.15, -0.1) is 0 Å². The van der Waals surface area contributed by atoms with Crippen molar-refractivity contribution >= 4 is 35.2 Å². The molecule has 3 aromatic carbocycles. The number of carbonyl (C=O) groups excluding carboxylic acids is 3. The van der Waals surface area contributed by atoms with Gasteiger partial charge in [-0.25, -0.2) is 0 Å². The minimum Gasteiger partial charge on any atom is -0.427 e. The Labute approximate surface area is 198 Å². The predicted molar refractivity (Wildman–Crippen MR) is 131 cm³/mol. The Hall–Kier alpha value is -4.39. The minimum atomic E-state index is -0.431. The molecular formula is C27H26N2O5. The third kappa shape index (κ3) is 7.63. The van der Waals surface area contributed by atoms with Crippen LogP contribution in [0.25, 0.3) is 6.08 Å². The van der Waals surface area contributed by atoms with Gasteiger partial charge in [0, 0.05) is 24.1 Å². The lowest BCUT2D eigenvalue weighted by Crippen LogP contribution is -2.11. The summed E-state index contributed by atoms with van der Waals surface area (Å²) in [6.45, 7) is 0. The van der Waals surface area contributed by atoms with E-state index in [4.69, 9.17) is 20.9 Å². The van der Waals surface area contributed by atoms with Gasteiger partial charge in [-0.3, -0.25) is 14.4 Å². The van der Waals surface area contributed by atoms with Crippen LogP contribution in [0, 0.1) is 0 Å². The summed E-state index contributed by atoms with van der Waals surface area (Å²) in [7, 11) is 0. The van der Waals surface area contributed by atoms with Crippen LogP contribution in [0.4, 0.5) is 11.4 Å². The van der Waals surface area contributed by atoms with E-state index in [1.165, 1.54) is 12.1 Å². The summed E-state index contributed by atoms with van der Waals surface area (Å²) >= 11 is 0. The second-order valence-corrected chi connectivity index (χ2v) is 7.59. The first-order chi connectivity index (χ1) is 16.4. The molecule has 3 rings (SSSR count). The smallest absolute Gasteiger partial charge is 0.311 e. The lowest BCUT2D eigenvalue weighted by Gasteiger charge is -2.08. The number of carbonyl (C=O) groups is 3. The number of esters is 2. The highest BCUT2D eigenvalue weighted by molar-refractivity contribution is 6.06. The second-order valence-electron chi connectivity index (χ2n) is 7.59. The number of anilines is 2. The maximum Gasteiger partial charge on any atom is 0.311 e. The molecule has 0 saturated carbocycles. The lowest BCUT2D eigenvalue weighted by atomic mass is 10.1.